The Labute approximate surface area is 214 Å². The second-order valence-corrected chi connectivity index (χ2v) is 9.55. The number of nitrogens with zero attached hydrogens (tertiary/aromatic N) is 1. The van der Waals surface area contributed by atoms with Crippen LogP contribution in [0.3, 0.4) is 0 Å². The second-order valence-electron chi connectivity index (χ2n) is 9.55. The first kappa shape index (κ1) is 24.4. The highest BCUT2D eigenvalue weighted by Crippen LogP contribution is 2.48. The fourth-order valence-electron chi connectivity index (χ4n) is 5.29. The van der Waals surface area contributed by atoms with Gasteiger partial charge < -0.3 is 15.3 Å². The largest absolute Gasteiger partial charge is 0.481 e. The Morgan fingerprint density at radius 3 is 2.43 bits per heavy atom. The number of anilines is 2. The van der Waals surface area contributed by atoms with Gasteiger partial charge in [0.1, 0.15) is 11.6 Å². The van der Waals surface area contributed by atoms with Gasteiger partial charge in [0.25, 0.3) is 0 Å². The SMILES string of the molecule is Cc1ccc(C2C=C3Nc4ccccc4N(C(=O)CCC(=O)O)C(c4ccccc4F)C3C(=O)C2)cc1. The van der Waals surface area contributed by atoms with E-state index in [1.165, 1.54) is 11.0 Å². The molecule has 3 atom stereocenters. The zero-order chi connectivity index (χ0) is 26.1. The van der Waals surface area contributed by atoms with Gasteiger partial charge in [-0.05, 0) is 30.7 Å². The Morgan fingerprint density at radius 1 is 1.00 bits per heavy atom. The predicted octanol–water partition coefficient (Wildman–Crippen LogP) is 5.76. The molecule has 0 saturated heterocycles. The number of aryl methyl sites for hydroxylation is 1. The zero-order valence-electron chi connectivity index (χ0n) is 20.4. The number of halogens is 1. The van der Waals surface area contributed by atoms with Gasteiger partial charge in [-0.3, -0.25) is 14.4 Å². The van der Waals surface area contributed by atoms with E-state index in [-0.39, 0.29) is 36.5 Å². The number of para-hydroxylation sites is 2. The molecule has 1 aliphatic heterocycles. The maximum Gasteiger partial charge on any atom is 0.303 e. The third kappa shape index (κ3) is 4.77. The van der Waals surface area contributed by atoms with E-state index in [4.69, 9.17) is 0 Å². The first-order valence-electron chi connectivity index (χ1n) is 12.3. The van der Waals surface area contributed by atoms with Gasteiger partial charge >= 0.3 is 5.97 Å². The Hall–Kier alpha value is -4.26. The number of ketones is 1. The lowest BCUT2D eigenvalue weighted by Gasteiger charge is -2.37. The van der Waals surface area contributed by atoms with Gasteiger partial charge in [0.05, 0.1) is 29.8 Å². The number of rotatable bonds is 5. The van der Waals surface area contributed by atoms with E-state index in [2.05, 4.69) is 5.32 Å². The molecular weight excluding hydrogens is 471 g/mol. The first-order valence-corrected chi connectivity index (χ1v) is 12.3. The van der Waals surface area contributed by atoms with Crippen molar-refractivity contribution in [3.63, 3.8) is 0 Å². The van der Waals surface area contributed by atoms with Crippen molar-refractivity contribution in [2.24, 2.45) is 5.92 Å². The number of carbonyl (C=O) groups excluding carboxylic acids is 2. The van der Waals surface area contributed by atoms with Gasteiger partial charge in [-0.25, -0.2) is 4.39 Å². The molecule has 0 aromatic heterocycles. The minimum atomic E-state index is -1.10. The monoisotopic (exact) mass is 498 g/mol. The molecule has 188 valence electrons. The number of benzene rings is 3. The minimum absolute atomic E-state index is 0.118. The Morgan fingerprint density at radius 2 is 1.70 bits per heavy atom. The van der Waals surface area contributed by atoms with Crippen molar-refractivity contribution in [2.75, 3.05) is 10.2 Å². The van der Waals surface area contributed by atoms with Crippen LogP contribution in [0.1, 0.15) is 47.9 Å². The lowest BCUT2D eigenvalue weighted by atomic mass is 9.76. The molecule has 0 bridgehead atoms. The number of Topliss-reactive ketones (excluding diaryl/α,β-unsaturated/α-hetero) is 1. The third-order valence-electron chi connectivity index (χ3n) is 7.07. The minimum Gasteiger partial charge on any atom is -0.481 e. The lowest BCUT2D eigenvalue weighted by Crippen LogP contribution is -2.43. The Bertz CT molecular complexity index is 1400. The summed E-state index contributed by atoms with van der Waals surface area (Å²) in [5, 5.41) is 12.6. The summed E-state index contributed by atoms with van der Waals surface area (Å²) in [4.78, 5) is 40.2. The van der Waals surface area contributed by atoms with Crippen LogP contribution in [0.5, 0.6) is 0 Å². The van der Waals surface area contributed by atoms with Gasteiger partial charge in [0.2, 0.25) is 5.91 Å². The van der Waals surface area contributed by atoms with E-state index in [0.29, 0.717) is 17.1 Å². The van der Waals surface area contributed by atoms with Crippen LogP contribution in [0.2, 0.25) is 0 Å². The normalized spacial score (nSPS) is 20.7. The number of carbonyl (C=O) groups is 3. The van der Waals surface area contributed by atoms with E-state index >= 15 is 4.39 Å². The highest BCUT2D eigenvalue weighted by molar-refractivity contribution is 6.02. The number of fused-ring (bicyclic) bond motifs is 2. The van der Waals surface area contributed by atoms with Crippen molar-refractivity contribution < 1.29 is 23.9 Å². The fourth-order valence-corrected chi connectivity index (χ4v) is 5.29. The van der Waals surface area contributed by atoms with Crippen molar-refractivity contribution in [1.82, 2.24) is 0 Å². The molecule has 1 amide bonds. The van der Waals surface area contributed by atoms with Crippen LogP contribution in [0.15, 0.2) is 84.6 Å². The molecule has 0 radical (unpaired) electrons. The van der Waals surface area contributed by atoms with Crippen molar-refractivity contribution >= 4 is 29.0 Å². The van der Waals surface area contributed by atoms with Crippen molar-refractivity contribution in [3.8, 4) is 0 Å². The van der Waals surface area contributed by atoms with Gasteiger partial charge in [0, 0.05) is 30.0 Å². The van der Waals surface area contributed by atoms with Gasteiger partial charge in [-0.2, -0.15) is 0 Å². The molecule has 37 heavy (non-hydrogen) atoms. The van der Waals surface area contributed by atoms with Gasteiger partial charge in [0.15, 0.2) is 0 Å². The number of carboxylic acid groups (broad SMARTS) is 1. The summed E-state index contributed by atoms with van der Waals surface area (Å²) in [6.07, 6.45) is 1.57. The molecule has 0 saturated carbocycles. The number of nitrogens with one attached hydrogen (secondary N) is 1. The number of carboxylic acids is 1. The zero-order valence-corrected chi connectivity index (χ0v) is 20.4. The molecule has 3 aromatic rings. The maximum atomic E-state index is 15.3. The van der Waals surface area contributed by atoms with Crippen LogP contribution < -0.4 is 10.2 Å². The molecule has 0 spiro atoms. The summed E-state index contributed by atoms with van der Waals surface area (Å²) in [6.45, 7) is 2.00. The quantitative estimate of drug-likeness (QED) is 0.467. The molecule has 1 aliphatic carbocycles. The van der Waals surface area contributed by atoms with Crippen LogP contribution in [0.4, 0.5) is 15.8 Å². The number of aliphatic carboxylic acids is 1. The summed E-state index contributed by atoms with van der Waals surface area (Å²) in [6, 6.07) is 20.3. The third-order valence-corrected chi connectivity index (χ3v) is 7.07. The fraction of sp³-hybridized carbons (Fsp3) is 0.233. The molecule has 7 heteroatoms. The first-order chi connectivity index (χ1) is 17.8. The molecule has 2 aliphatic rings. The highest BCUT2D eigenvalue weighted by atomic mass is 19.1. The van der Waals surface area contributed by atoms with Crippen LogP contribution in [-0.4, -0.2) is 22.8 Å². The molecule has 6 nitrogen and oxygen atoms in total. The van der Waals surface area contributed by atoms with Crippen molar-refractivity contribution in [1.29, 1.82) is 0 Å². The van der Waals surface area contributed by atoms with Crippen LogP contribution >= 0.6 is 0 Å². The molecule has 1 heterocycles. The number of hydrogen-bond donors (Lipinski definition) is 2. The molecule has 5 rings (SSSR count). The van der Waals surface area contributed by atoms with E-state index < -0.39 is 29.7 Å². The van der Waals surface area contributed by atoms with Crippen LogP contribution in [0, 0.1) is 18.7 Å². The molecule has 3 aromatic carbocycles. The van der Waals surface area contributed by atoms with Gasteiger partial charge in [-0.1, -0.05) is 66.2 Å². The average molecular weight is 499 g/mol. The Kier molecular flexibility index (Phi) is 6.61. The Balaban J connectivity index is 1.69. The highest BCUT2D eigenvalue weighted by Gasteiger charge is 2.45. The van der Waals surface area contributed by atoms with E-state index in [0.717, 1.165) is 11.1 Å². The van der Waals surface area contributed by atoms with Crippen molar-refractivity contribution in [2.45, 2.75) is 38.1 Å². The lowest BCUT2D eigenvalue weighted by molar-refractivity contribution is -0.138. The number of hydrogen-bond acceptors (Lipinski definition) is 4. The average Bonchev–Trinajstić information content (AvgIpc) is 3.02. The molecule has 3 unspecified atom stereocenters. The predicted molar refractivity (Wildman–Crippen MR) is 139 cm³/mol. The summed E-state index contributed by atoms with van der Waals surface area (Å²) in [5.41, 5.74) is 4.01. The topological polar surface area (TPSA) is 86.7 Å². The van der Waals surface area contributed by atoms with E-state index in [1.54, 1.807) is 36.4 Å². The summed E-state index contributed by atoms with van der Waals surface area (Å²) in [7, 11) is 0. The van der Waals surface area contributed by atoms with Gasteiger partial charge in [-0.15, -0.1) is 0 Å². The molecule has 2 N–H and O–H groups in total. The maximum absolute atomic E-state index is 15.3. The van der Waals surface area contributed by atoms with E-state index in [1.807, 2.05) is 43.3 Å². The number of amides is 1. The number of allylic oxidation sites excluding steroid dienone is 1. The van der Waals surface area contributed by atoms with Crippen molar-refractivity contribution in [3.05, 3.63) is 107 Å². The summed E-state index contributed by atoms with van der Waals surface area (Å²) in [5.74, 6) is -3.26. The smallest absolute Gasteiger partial charge is 0.303 e. The summed E-state index contributed by atoms with van der Waals surface area (Å²) < 4.78 is 15.3. The molecule has 0 fully saturated rings. The van der Waals surface area contributed by atoms with Crippen LogP contribution in [0.25, 0.3) is 0 Å². The summed E-state index contributed by atoms with van der Waals surface area (Å²) >= 11 is 0. The molecular formula is C30H27FN2O4. The standard InChI is InChI=1S/C30H27FN2O4/c1-18-10-12-19(13-11-18)20-16-24-29(26(34)17-20)30(21-6-2-3-7-22(21)31)33(27(35)14-15-28(36)37)25-9-5-4-8-23(25)32-24/h2-13,16,20,29-30,32H,14-15,17H2,1H3,(H,36,37). The van der Waals surface area contributed by atoms with E-state index in [9.17, 15) is 19.5 Å². The second kappa shape index (κ2) is 10.0. The van der Waals surface area contributed by atoms with Crippen LogP contribution in [-0.2, 0) is 14.4 Å².